The first-order valence-electron chi connectivity index (χ1n) is 14.1. The highest BCUT2D eigenvalue weighted by atomic mass is 32.2. The van der Waals surface area contributed by atoms with Crippen molar-refractivity contribution in [2.24, 2.45) is 11.3 Å². The molecule has 0 amide bonds. The van der Waals surface area contributed by atoms with E-state index in [1.54, 1.807) is 6.07 Å². The average molecular weight is 579 g/mol. The summed E-state index contributed by atoms with van der Waals surface area (Å²) in [4.78, 5) is 20.2. The maximum atomic E-state index is 13.2. The zero-order valence-electron chi connectivity index (χ0n) is 24.0. The summed E-state index contributed by atoms with van der Waals surface area (Å²) in [5, 5.41) is 13.1. The Balaban J connectivity index is 1.42. The Morgan fingerprint density at radius 3 is 2.39 bits per heavy atom. The zero-order chi connectivity index (χ0) is 29.4. The molecule has 0 aliphatic heterocycles. The molecule has 1 unspecified atom stereocenters. The molecular formula is C31H38N4O5S. The van der Waals surface area contributed by atoms with Crippen molar-refractivity contribution in [3.8, 4) is 17.1 Å². The quantitative estimate of drug-likeness (QED) is 0.254. The van der Waals surface area contributed by atoms with Crippen molar-refractivity contribution in [1.82, 2.24) is 15.3 Å². The molecule has 0 radical (unpaired) electrons. The number of aromatic carboxylic acids is 1. The molecule has 218 valence electrons. The van der Waals surface area contributed by atoms with E-state index >= 15 is 0 Å². The third kappa shape index (κ3) is 6.87. The first kappa shape index (κ1) is 29.0. The van der Waals surface area contributed by atoms with E-state index in [0.717, 1.165) is 29.2 Å². The highest BCUT2D eigenvalue weighted by Gasteiger charge is 2.53. The van der Waals surface area contributed by atoms with Gasteiger partial charge in [-0.15, -0.1) is 0 Å². The van der Waals surface area contributed by atoms with Crippen LogP contribution in [0.25, 0.3) is 11.3 Å². The van der Waals surface area contributed by atoms with Gasteiger partial charge in [0.15, 0.2) is 0 Å². The second-order valence-electron chi connectivity index (χ2n) is 12.0. The fourth-order valence-corrected chi connectivity index (χ4v) is 6.82. The first-order valence-corrected chi connectivity index (χ1v) is 15.6. The summed E-state index contributed by atoms with van der Waals surface area (Å²) in [6.45, 7) is 8.71. The average Bonchev–Trinajstić information content (AvgIpc) is 3.67. The second kappa shape index (κ2) is 11.4. The van der Waals surface area contributed by atoms with Crippen LogP contribution in [0.2, 0.25) is 0 Å². The largest absolute Gasteiger partial charge is 0.478 e. The fourth-order valence-electron chi connectivity index (χ4n) is 5.83. The number of sulfonamides is 1. The molecule has 2 aromatic carbocycles. The zero-order valence-corrected chi connectivity index (χ0v) is 24.8. The molecule has 2 aliphatic rings. The number of benzene rings is 2. The van der Waals surface area contributed by atoms with Gasteiger partial charge in [-0.05, 0) is 86.6 Å². The number of nitrogens with zero attached hydrogens (tertiary/aromatic N) is 2. The number of anilines is 1. The van der Waals surface area contributed by atoms with Gasteiger partial charge in [0.05, 0.1) is 16.2 Å². The maximum Gasteiger partial charge on any atom is 0.335 e. The first-order chi connectivity index (χ1) is 19.4. The molecule has 1 spiro atoms. The summed E-state index contributed by atoms with van der Waals surface area (Å²) < 4.78 is 35.2. The normalized spacial score (nSPS) is 16.8. The van der Waals surface area contributed by atoms with Gasteiger partial charge in [-0.2, -0.15) is 4.98 Å². The van der Waals surface area contributed by atoms with E-state index in [0.29, 0.717) is 29.7 Å². The number of ether oxygens (including phenoxy) is 1. The van der Waals surface area contributed by atoms with Crippen molar-refractivity contribution in [3.63, 3.8) is 0 Å². The molecule has 2 aliphatic carbocycles. The molecule has 9 nitrogen and oxygen atoms in total. The van der Waals surface area contributed by atoms with Crippen LogP contribution in [-0.4, -0.2) is 48.2 Å². The lowest BCUT2D eigenvalue weighted by Crippen LogP contribution is -2.49. The molecule has 1 heterocycles. The number of carboxylic acids is 1. The van der Waals surface area contributed by atoms with Gasteiger partial charge in [-0.25, -0.2) is 22.9 Å². The van der Waals surface area contributed by atoms with Crippen molar-refractivity contribution in [3.05, 3.63) is 65.2 Å². The minimum absolute atomic E-state index is 0.133. The number of carbonyl (C=O) groups is 1. The van der Waals surface area contributed by atoms with Gasteiger partial charge in [-0.3, -0.25) is 0 Å². The van der Waals surface area contributed by atoms with Crippen LogP contribution in [0.15, 0.2) is 53.4 Å². The second-order valence-corrected chi connectivity index (χ2v) is 13.7. The summed E-state index contributed by atoms with van der Waals surface area (Å²) in [6, 6.07) is 13.4. The van der Waals surface area contributed by atoms with Crippen LogP contribution in [0.5, 0.6) is 5.88 Å². The lowest BCUT2D eigenvalue weighted by atomic mass is 9.76. The van der Waals surface area contributed by atoms with E-state index in [9.17, 15) is 18.3 Å². The molecule has 1 aromatic heterocycles. The lowest BCUT2D eigenvalue weighted by Gasteiger charge is -2.39. The van der Waals surface area contributed by atoms with Crippen LogP contribution in [0.4, 0.5) is 5.95 Å². The van der Waals surface area contributed by atoms with Crippen molar-refractivity contribution in [2.75, 3.05) is 11.3 Å². The third-order valence-electron chi connectivity index (χ3n) is 8.03. The molecule has 2 fully saturated rings. The van der Waals surface area contributed by atoms with E-state index in [4.69, 9.17) is 4.74 Å². The highest BCUT2D eigenvalue weighted by molar-refractivity contribution is 7.92. The number of aromatic nitrogens is 2. The molecule has 41 heavy (non-hydrogen) atoms. The summed E-state index contributed by atoms with van der Waals surface area (Å²) >= 11 is 0. The predicted molar refractivity (Wildman–Crippen MR) is 158 cm³/mol. The molecule has 2 saturated carbocycles. The van der Waals surface area contributed by atoms with E-state index < -0.39 is 16.0 Å². The van der Waals surface area contributed by atoms with Crippen molar-refractivity contribution >= 4 is 21.9 Å². The summed E-state index contributed by atoms with van der Waals surface area (Å²) in [6.07, 6.45) is 6.08. The number of hydrogen-bond acceptors (Lipinski definition) is 7. The summed E-state index contributed by atoms with van der Waals surface area (Å²) in [5.74, 6) is -0.628. The Morgan fingerprint density at radius 2 is 1.76 bits per heavy atom. The minimum Gasteiger partial charge on any atom is -0.478 e. The fraction of sp³-hybridized carbons (Fsp3) is 0.452. The van der Waals surface area contributed by atoms with Gasteiger partial charge in [0.25, 0.3) is 10.0 Å². The van der Waals surface area contributed by atoms with Gasteiger partial charge >= 0.3 is 5.97 Å². The number of aryl methyl sites for hydroxylation is 2. The van der Waals surface area contributed by atoms with Crippen molar-refractivity contribution in [1.29, 1.82) is 0 Å². The molecule has 3 aromatic rings. The van der Waals surface area contributed by atoms with Crippen LogP contribution in [0, 0.1) is 25.2 Å². The third-order valence-corrected chi connectivity index (χ3v) is 9.36. The Morgan fingerprint density at radius 1 is 1.07 bits per heavy atom. The van der Waals surface area contributed by atoms with Crippen molar-refractivity contribution in [2.45, 2.75) is 76.8 Å². The van der Waals surface area contributed by atoms with Gasteiger partial charge in [0.2, 0.25) is 11.8 Å². The minimum atomic E-state index is -4.18. The SMILES string of the molecule is Cc1cccc(C)c1-c1cc(OCC(CC(C)C)NC2CC3(CC3)C2)nc(NS(=O)(=O)c2cccc(C(=O)O)c2)n1. The van der Waals surface area contributed by atoms with Crippen LogP contribution >= 0.6 is 0 Å². The Labute approximate surface area is 241 Å². The summed E-state index contributed by atoms with van der Waals surface area (Å²) in [5.41, 5.74) is 3.83. The molecule has 5 rings (SSSR count). The molecule has 0 saturated heterocycles. The topological polar surface area (TPSA) is 131 Å². The number of hydrogen-bond donors (Lipinski definition) is 3. The highest BCUT2D eigenvalue weighted by Crippen LogP contribution is 2.60. The van der Waals surface area contributed by atoms with E-state index in [1.165, 1.54) is 43.9 Å². The van der Waals surface area contributed by atoms with E-state index in [2.05, 4.69) is 33.9 Å². The van der Waals surface area contributed by atoms with Gasteiger partial charge in [0, 0.05) is 23.7 Å². The van der Waals surface area contributed by atoms with Gasteiger partial charge < -0.3 is 15.2 Å². The van der Waals surface area contributed by atoms with Gasteiger partial charge in [-0.1, -0.05) is 38.1 Å². The molecule has 0 bridgehead atoms. The molecule has 3 N–H and O–H groups in total. The lowest BCUT2D eigenvalue weighted by molar-refractivity contribution is 0.0696. The molecule has 1 atom stereocenters. The monoisotopic (exact) mass is 578 g/mol. The number of carboxylic acid groups (broad SMARTS) is 1. The van der Waals surface area contributed by atoms with E-state index in [-0.39, 0.29) is 28.3 Å². The van der Waals surface area contributed by atoms with Crippen LogP contribution < -0.4 is 14.8 Å². The van der Waals surface area contributed by atoms with Crippen LogP contribution in [-0.2, 0) is 10.0 Å². The van der Waals surface area contributed by atoms with Crippen molar-refractivity contribution < 1.29 is 23.1 Å². The number of rotatable bonds is 12. The Bertz CT molecular complexity index is 1520. The van der Waals surface area contributed by atoms with E-state index in [1.807, 2.05) is 32.0 Å². The smallest absolute Gasteiger partial charge is 0.335 e. The summed E-state index contributed by atoms with van der Waals surface area (Å²) in [7, 11) is -4.18. The Kier molecular flexibility index (Phi) is 8.07. The Hall–Kier alpha value is -3.50. The molecule has 10 heteroatoms. The number of nitrogens with one attached hydrogen (secondary N) is 2. The molecular weight excluding hydrogens is 540 g/mol. The van der Waals surface area contributed by atoms with Gasteiger partial charge in [0.1, 0.15) is 6.61 Å². The van der Waals surface area contributed by atoms with Crippen LogP contribution in [0.3, 0.4) is 0 Å². The van der Waals surface area contributed by atoms with Crippen LogP contribution in [0.1, 0.15) is 67.4 Å². The standard InChI is InChI=1S/C31H38N4O5S/c1-19(2)13-23(32-24-16-31(17-24)11-12-31)18-40-27-15-26(28-20(3)7-5-8-21(28)4)33-30(34-27)35-41(38,39)25-10-6-9-22(14-25)29(36)37/h5-10,14-15,19,23-24,32H,11-13,16-18H2,1-4H3,(H,36,37)(H,33,34,35). The predicted octanol–water partition coefficient (Wildman–Crippen LogP) is 5.59. The maximum absolute atomic E-state index is 13.2.